The largest absolute Gasteiger partial charge is 0.438 e. The van der Waals surface area contributed by atoms with E-state index in [2.05, 4.69) is 21.2 Å². The Morgan fingerprint density at radius 1 is 1.24 bits per heavy atom. The van der Waals surface area contributed by atoms with Gasteiger partial charge in [0.05, 0.1) is 4.83 Å². The number of nitrogens with one attached hydrogen (secondary N) is 1. The van der Waals surface area contributed by atoms with Gasteiger partial charge in [0.2, 0.25) is 0 Å². The van der Waals surface area contributed by atoms with E-state index >= 15 is 0 Å². The van der Waals surface area contributed by atoms with Gasteiger partial charge in [-0.1, -0.05) is 40.2 Å². The van der Waals surface area contributed by atoms with Crippen molar-refractivity contribution in [1.29, 1.82) is 0 Å². The van der Waals surface area contributed by atoms with E-state index in [1.54, 1.807) is 7.11 Å². The van der Waals surface area contributed by atoms with E-state index in [1.165, 1.54) is 7.11 Å². The van der Waals surface area contributed by atoms with Gasteiger partial charge < -0.3 is 18.9 Å². The van der Waals surface area contributed by atoms with Crippen molar-refractivity contribution < 1.29 is 23.7 Å². The molecule has 1 aliphatic carbocycles. The van der Waals surface area contributed by atoms with Gasteiger partial charge >= 0.3 is 6.09 Å². The molecular formula is C14H18BrNO5. The van der Waals surface area contributed by atoms with E-state index in [0.29, 0.717) is 0 Å². The van der Waals surface area contributed by atoms with Crippen LogP contribution in [-0.2, 0) is 18.9 Å². The third-order valence-electron chi connectivity index (χ3n) is 3.16. The van der Waals surface area contributed by atoms with Crippen LogP contribution in [0.5, 0.6) is 0 Å². The van der Waals surface area contributed by atoms with Crippen molar-refractivity contribution in [1.82, 2.24) is 5.32 Å². The Morgan fingerprint density at radius 2 is 1.95 bits per heavy atom. The van der Waals surface area contributed by atoms with Crippen LogP contribution in [0.15, 0.2) is 24.3 Å². The zero-order valence-electron chi connectivity index (χ0n) is 11.9. The Bertz CT molecular complexity index is 484. The number of amides is 1. The molecule has 6 nitrogen and oxygen atoms in total. The molecule has 1 unspecified atom stereocenters. The molecule has 0 aromatic heterocycles. The molecule has 1 aliphatic rings. The quantitative estimate of drug-likeness (QED) is 0.624. The van der Waals surface area contributed by atoms with Gasteiger partial charge in [-0.05, 0) is 11.1 Å². The topological polar surface area (TPSA) is 66.0 Å². The number of carbonyl (C=O) groups is 1. The van der Waals surface area contributed by atoms with Gasteiger partial charge in [0, 0.05) is 14.2 Å². The number of hydrogen-bond donors (Lipinski definition) is 1. The number of benzene rings is 1. The SMILES string of the molecule is COCNC(=O)O[C@@H]1c2ccccc2C(Br)[C@H]1OCOC. The molecule has 0 saturated heterocycles. The first-order valence-electron chi connectivity index (χ1n) is 6.46. The summed E-state index contributed by atoms with van der Waals surface area (Å²) in [5.41, 5.74) is 1.97. The van der Waals surface area contributed by atoms with Gasteiger partial charge in [0.15, 0.2) is 6.10 Å². The maximum atomic E-state index is 11.8. The molecule has 7 heteroatoms. The Kier molecular flexibility index (Phi) is 5.98. The summed E-state index contributed by atoms with van der Waals surface area (Å²) >= 11 is 3.60. The highest BCUT2D eigenvalue weighted by atomic mass is 79.9. The number of hydrogen-bond acceptors (Lipinski definition) is 5. The van der Waals surface area contributed by atoms with E-state index in [1.807, 2.05) is 24.3 Å². The molecule has 0 aliphatic heterocycles. The third kappa shape index (κ3) is 3.74. The number of halogens is 1. The predicted molar refractivity (Wildman–Crippen MR) is 79.1 cm³/mol. The van der Waals surface area contributed by atoms with Gasteiger partial charge in [0.1, 0.15) is 19.6 Å². The molecule has 0 saturated carbocycles. The second-order valence-corrected chi connectivity index (χ2v) is 5.49. The smallest absolute Gasteiger partial charge is 0.409 e. The molecule has 1 N–H and O–H groups in total. The summed E-state index contributed by atoms with van der Waals surface area (Å²) in [6, 6.07) is 7.75. The number of fused-ring (bicyclic) bond motifs is 1. The maximum absolute atomic E-state index is 11.8. The number of methoxy groups -OCH3 is 2. The van der Waals surface area contributed by atoms with Crippen molar-refractivity contribution in [2.24, 2.45) is 0 Å². The lowest BCUT2D eigenvalue weighted by atomic mass is 10.1. The Balaban J connectivity index is 2.15. The van der Waals surface area contributed by atoms with Crippen LogP contribution in [0.25, 0.3) is 0 Å². The van der Waals surface area contributed by atoms with Crippen molar-refractivity contribution >= 4 is 22.0 Å². The normalized spacial score (nSPS) is 23.7. The second-order valence-electron chi connectivity index (χ2n) is 4.50. The van der Waals surface area contributed by atoms with Gasteiger partial charge in [-0.3, -0.25) is 5.32 Å². The number of rotatable bonds is 6. The van der Waals surface area contributed by atoms with Crippen molar-refractivity contribution in [2.75, 3.05) is 27.7 Å². The first-order valence-corrected chi connectivity index (χ1v) is 7.37. The summed E-state index contributed by atoms with van der Waals surface area (Å²) in [6.45, 7) is 0.217. The standard InChI is InChI=1S/C14H18BrNO5/c1-18-7-16-14(17)21-12-10-6-4-3-5-9(10)11(15)13(12)20-8-19-2/h3-6,11-13H,7-8H2,1-2H3,(H,16,17)/t11?,12-,13-/m1/s1. The first kappa shape index (κ1) is 16.2. The molecule has 0 heterocycles. The lowest BCUT2D eigenvalue weighted by Gasteiger charge is -2.23. The molecule has 0 bridgehead atoms. The highest BCUT2D eigenvalue weighted by Gasteiger charge is 2.42. The van der Waals surface area contributed by atoms with Crippen LogP contribution in [0, 0.1) is 0 Å². The van der Waals surface area contributed by atoms with E-state index in [0.717, 1.165) is 11.1 Å². The summed E-state index contributed by atoms with van der Waals surface area (Å²) in [4.78, 5) is 11.7. The molecule has 21 heavy (non-hydrogen) atoms. The van der Waals surface area contributed by atoms with Crippen molar-refractivity contribution in [2.45, 2.75) is 17.0 Å². The van der Waals surface area contributed by atoms with Gasteiger partial charge in [0.25, 0.3) is 0 Å². The Morgan fingerprint density at radius 3 is 2.62 bits per heavy atom. The van der Waals surface area contributed by atoms with Crippen LogP contribution >= 0.6 is 15.9 Å². The molecule has 3 atom stereocenters. The first-order chi connectivity index (χ1) is 10.2. The molecule has 0 spiro atoms. The van der Waals surface area contributed by atoms with Crippen LogP contribution < -0.4 is 5.32 Å². The molecule has 1 aromatic carbocycles. The van der Waals surface area contributed by atoms with E-state index in [4.69, 9.17) is 18.9 Å². The Labute approximate surface area is 131 Å². The molecule has 0 fully saturated rings. The van der Waals surface area contributed by atoms with Crippen molar-refractivity contribution in [3.05, 3.63) is 35.4 Å². The average Bonchev–Trinajstić information content (AvgIpc) is 2.76. The summed E-state index contributed by atoms with van der Waals surface area (Å²) in [7, 11) is 3.04. The van der Waals surface area contributed by atoms with Crippen molar-refractivity contribution in [3.8, 4) is 0 Å². The summed E-state index contributed by atoms with van der Waals surface area (Å²) in [6.07, 6.45) is -1.41. The fourth-order valence-corrected chi connectivity index (χ4v) is 3.11. The number of ether oxygens (including phenoxy) is 4. The van der Waals surface area contributed by atoms with E-state index in [9.17, 15) is 4.79 Å². The average molecular weight is 360 g/mol. The molecule has 1 aromatic rings. The van der Waals surface area contributed by atoms with Crippen LogP contribution in [-0.4, -0.2) is 39.9 Å². The van der Waals surface area contributed by atoms with Crippen molar-refractivity contribution in [3.63, 3.8) is 0 Å². The Hall–Kier alpha value is -1.15. The highest BCUT2D eigenvalue weighted by molar-refractivity contribution is 9.09. The van der Waals surface area contributed by atoms with Crippen LogP contribution in [0.2, 0.25) is 0 Å². The monoisotopic (exact) mass is 359 g/mol. The molecular weight excluding hydrogens is 342 g/mol. The summed E-state index contributed by atoms with van der Waals surface area (Å²) in [5, 5.41) is 2.50. The molecule has 1 amide bonds. The minimum absolute atomic E-state index is 0.0657. The zero-order valence-corrected chi connectivity index (χ0v) is 13.5. The van der Waals surface area contributed by atoms with Gasteiger partial charge in [-0.25, -0.2) is 4.79 Å². The summed E-state index contributed by atoms with van der Waals surface area (Å²) < 4.78 is 20.9. The minimum atomic E-state index is -0.552. The lowest BCUT2D eigenvalue weighted by Crippen LogP contribution is -2.31. The van der Waals surface area contributed by atoms with Gasteiger partial charge in [-0.2, -0.15) is 0 Å². The van der Waals surface area contributed by atoms with Gasteiger partial charge in [-0.15, -0.1) is 0 Å². The van der Waals surface area contributed by atoms with E-state index in [-0.39, 0.29) is 24.5 Å². The number of alkyl carbamates (subject to hydrolysis) is 1. The summed E-state index contributed by atoms with van der Waals surface area (Å²) in [5.74, 6) is 0. The number of carbonyl (C=O) groups excluding carboxylic acids is 1. The fourth-order valence-electron chi connectivity index (χ4n) is 2.27. The van der Waals surface area contributed by atoms with Crippen LogP contribution in [0.3, 0.4) is 0 Å². The van der Waals surface area contributed by atoms with E-state index < -0.39 is 12.2 Å². The minimum Gasteiger partial charge on any atom is -0.438 e. The highest BCUT2D eigenvalue weighted by Crippen LogP contribution is 2.47. The third-order valence-corrected chi connectivity index (χ3v) is 4.17. The number of alkyl halides is 1. The zero-order chi connectivity index (χ0) is 15.2. The van der Waals surface area contributed by atoms with Crippen LogP contribution in [0.4, 0.5) is 4.79 Å². The molecule has 2 rings (SSSR count). The second kappa shape index (κ2) is 7.74. The molecule has 116 valence electrons. The van der Waals surface area contributed by atoms with Crippen LogP contribution in [0.1, 0.15) is 22.1 Å². The molecule has 0 radical (unpaired) electrons. The predicted octanol–water partition coefficient (Wildman–Crippen LogP) is 2.50. The lowest BCUT2D eigenvalue weighted by molar-refractivity contribution is -0.109. The fraction of sp³-hybridized carbons (Fsp3) is 0.500. The maximum Gasteiger partial charge on any atom is 0.409 e.